The topological polar surface area (TPSA) is 93.7 Å². The van der Waals surface area contributed by atoms with Crippen molar-refractivity contribution < 1.29 is 32.6 Å². The van der Waals surface area contributed by atoms with Crippen molar-refractivity contribution in [3.63, 3.8) is 0 Å². The van der Waals surface area contributed by atoms with Gasteiger partial charge >= 0.3 is 12.6 Å². The van der Waals surface area contributed by atoms with Crippen LogP contribution in [-0.2, 0) is 14.3 Å². The average Bonchev–Trinajstić information content (AvgIpc) is 2.83. The maximum atomic E-state index is 12.2. The fraction of sp³-hybridized carbons (Fsp3) is 0.125. The molecule has 0 aliphatic rings. The Balaban J connectivity index is 1.40. The SMILES string of the molecule is O=C(COC(=O)CNC(=O)c1ccc(-c2ccccc2)cc1)Nc1ccc(OC(F)F)cc1. The minimum Gasteiger partial charge on any atom is -0.454 e. The lowest BCUT2D eigenvalue weighted by atomic mass is 10.0. The van der Waals surface area contributed by atoms with Gasteiger partial charge in [-0.25, -0.2) is 0 Å². The first kappa shape index (κ1) is 23.4. The zero-order chi connectivity index (χ0) is 23.6. The van der Waals surface area contributed by atoms with E-state index in [2.05, 4.69) is 15.4 Å². The van der Waals surface area contributed by atoms with Crippen LogP contribution in [0.5, 0.6) is 5.75 Å². The van der Waals surface area contributed by atoms with Gasteiger partial charge in [-0.1, -0.05) is 42.5 Å². The van der Waals surface area contributed by atoms with E-state index >= 15 is 0 Å². The minimum absolute atomic E-state index is 0.0557. The molecule has 0 bridgehead atoms. The predicted molar refractivity (Wildman–Crippen MR) is 117 cm³/mol. The van der Waals surface area contributed by atoms with Crippen LogP contribution in [0.4, 0.5) is 14.5 Å². The van der Waals surface area contributed by atoms with Gasteiger partial charge in [0.15, 0.2) is 6.61 Å². The number of carbonyl (C=O) groups is 3. The molecule has 0 unspecified atom stereocenters. The normalized spacial score (nSPS) is 10.4. The van der Waals surface area contributed by atoms with Gasteiger partial charge in [0.2, 0.25) is 0 Å². The van der Waals surface area contributed by atoms with Gasteiger partial charge in [-0.2, -0.15) is 8.78 Å². The van der Waals surface area contributed by atoms with Gasteiger partial charge in [-0.15, -0.1) is 0 Å². The highest BCUT2D eigenvalue weighted by Gasteiger charge is 2.12. The molecule has 0 saturated heterocycles. The van der Waals surface area contributed by atoms with E-state index in [9.17, 15) is 23.2 Å². The number of alkyl halides is 2. The maximum Gasteiger partial charge on any atom is 0.387 e. The summed E-state index contributed by atoms with van der Waals surface area (Å²) in [5.41, 5.74) is 2.65. The van der Waals surface area contributed by atoms with Crippen LogP contribution in [0, 0.1) is 0 Å². The standard InChI is InChI=1S/C24H20F2N2O5/c25-24(26)33-20-12-10-19(11-13-20)28-21(29)15-32-22(30)14-27-23(31)18-8-6-17(7-9-18)16-4-2-1-3-5-16/h1-13,24H,14-15H2,(H,27,31)(H,28,29). The van der Waals surface area contributed by atoms with Crippen molar-refractivity contribution in [1.29, 1.82) is 0 Å². The van der Waals surface area contributed by atoms with Crippen molar-refractivity contribution in [3.8, 4) is 16.9 Å². The van der Waals surface area contributed by atoms with Crippen molar-refractivity contribution in [2.24, 2.45) is 0 Å². The minimum atomic E-state index is -2.95. The summed E-state index contributed by atoms with van der Waals surface area (Å²) < 4.78 is 33.3. The molecule has 0 radical (unpaired) electrons. The highest BCUT2D eigenvalue weighted by atomic mass is 19.3. The summed E-state index contributed by atoms with van der Waals surface area (Å²) >= 11 is 0. The Hall–Kier alpha value is -4.27. The van der Waals surface area contributed by atoms with E-state index in [0.29, 0.717) is 11.3 Å². The molecule has 0 aliphatic heterocycles. The average molecular weight is 454 g/mol. The Morgan fingerprint density at radius 2 is 1.45 bits per heavy atom. The van der Waals surface area contributed by atoms with Gasteiger partial charge in [0.25, 0.3) is 11.8 Å². The molecule has 3 aromatic rings. The molecule has 7 nitrogen and oxygen atoms in total. The number of halogens is 2. The molecular formula is C24H20F2N2O5. The van der Waals surface area contributed by atoms with E-state index in [1.165, 1.54) is 24.3 Å². The van der Waals surface area contributed by atoms with Crippen LogP contribution in [0.1, 0.15) is 10.4 Å². The molecule has 33 heavy (non-hydrogen) atoms. The molecule has 2 N–H and O–H groups in total. The molecule has 2 amide bonds. The number of ether oxygens (including phenoxy) is 2. The van der Waals surface area contributed by atoms with Crippen molar-refractivity contribution in [2.45, 2.75) is 6.61 Å². The van der Waals surface area contributed by atoms with Gasteiger partial charge in [0, 0.05) is 11.3 Å². The molecule has 9 heteroatoms. The zero-order valence-electron chi connectivity index (χ0n) is 17.3. The smallest absolute Gasteiger partial charge is 0.387 e. The number of hydrogen-bond donors (Lipinski definition) is 2. The van der Waals surface area contributed by atoms with E-state index in [-0.39, 0.29) is 5.75 Å². The Kier molecular flexibility index (Phi) is 8.07. The lowest BCUT2D eigenvalue weighted by Gasteiger charge is -2.09. The summed E-state index contributed by atoms with van der Waals surface area (Å²) in [6.45, 7) is -3.93. The maximum absolute atomic E-state index is 12.2. The van der Waals surface area contributed by atoms with Crippen LogP contribution in [0.15, 0.2) is 78.9 Å². The monoisotopic (exact) mass is 454 g/mol. The molecule has 3 rings (SSSR count). The van der Waals surface area contributed by atoms with E-state index in [0.717, 1.165) is 11.1 Å². The number of carbonyl (C=O) groups excluding carboxylic acids is 3. The number of amides is 2. The summed E-state index contributed by atoms with van der Waals surface area (Å²) in [5, 5.41) is 4.87. The third kappa shape index (κ3) is 7.42. The second-order valence-corrected chi connectivity index (χ2v) is 6.74. The third-order valence-corrected chi connectivity index (χ3v) is 4.37. The van der Waals surface area contributed by atoms with Crippen LogP contribution in [0.3, 0.4) is 0 Å². The number of nitrogens with one attached hydrogen (secondary N) is 2. The molecule has 0 saturated carbocycles. The van der Waals surface area contributed by atoms with Gasteiger partial charge in [-0.3, -0.25) is 14.4 Å². The molecular weight excluding hydrogens is 434 g/mol. The second kappa shape index (κ2) is 11.4. The van der Waals surface area contributed by atoms with E-state index in [1.54, 1.807) is 24.3 Å². The first-order chi connectivity index (χ1) is 15.9. The van der Waals surface area contributed by atoms with Crippen LogP contribution in [0.2, 0.25) is 0 Å². The van der Waals surface area contributed by atoms with E-state index < -0.39 is 37.5 Å². The number of benzene rings is 3. The van der Waals surface area contributed by atoms with Gasteiger partial charge < -0.3 is 20.1 Å². The Labute approximate surface area is 188 Å². The highest BCUT2D eigenvalue weighted by Crippen LogP contribution is 2.19. The molecule has 170 valence electrons. The number of esters is 1. The molecule has 0 atom stereocenters. The molecule has 0 aliphatic carbocycles. The lowest BCUT2D eigenvalue weighted by molar-refractivity contribution is -0.146. The molecule has 0 aromatic heterocycles. The summed E-state index contributed by atoms with van der Waals surface area (Å²) in [6, 6.07) is 21.8. The second-order valence-electron chi connectivity index (χ2n) is 6.74. The summed E-state index contributed by atoms with van der Waals surface area (Å²) in [6.07, 6.45) is 0. The Morgan fingerprint density at radius 1 is 0.818 bits per heavy atom. The quantitative estimate of drug-likeness (QED) is 0.479. The third-order valence-electron chi connectivity index (χ3n) is 4.37. The van der Waals surface area contributed by atoms with E-state index in [1.807, 2.05) is 30.3 Å². The molecule has 3 aromatic carbocycles. The molecule has 0 spiro atoms. The highest BCUT2D eigenvalue weighted by molar-refractivity contribution is 5.97. The van der Waals surface area contributed by atoms with Gasteiger partial charge in [0.1, 0.15) is 12.3 Å². The fourth-order valence-corrected chi connectivity index (χ4v) is 2.81. The van der Waals surface area contributed by atoms with E-state index in [4.69, 9.17) is 4.74 Å². The number of rotatable bonds is 9. The summed E-state index contributed by atoms with van der Waals surface area (Å²) in [5.74, 6) is -1.93. The Morgan fingerprint density at radius 3 is 2.09 bits per heavy atom. The van der Waals surface area contributed by atoms with Crippen LogP contribution in [0.25, 0.3) is 11.1 Å². The largest absolute Gasteiger partial charge is 0.454 e. The van der Waals surface area contributed by atoms with Gasteiger partial charge in [0.05, 0.1) is 0 Å². The van der Waals surface area contributed by atoms with Crippen LogP contribution >= 0.6 is 0 Å². The first-order valence-corrected chi connectivity index (χ1v) is 9.85. The Bertz CT molecular complexity index is 1090. The zero-order valence-corrected chi connectivity index (χ0v) is 17.3. The van der Waals surface area contributed by atoms with Crippen LogP contribution < -0.4 is 15.4 Å². The predicted octanol–water partition coefficient (Wildman–Crippen LogP) is 3.87. The van der Waals surface area contributed by atoms with Crippen molar-refractivity contribution in [3.05, 3.63) is 84.4 Å². The van der Waals surface area contributed by atoms with Crippen molar-refractivity contribution in [2.75, 3.05) is 18.5 Å². The number of hydrogen-bond acceptors (Lipinski definition) is 5. The fourth-order valence-electron chi connectivity index (χ4n) is 2.81. The van der Waals surface area contributed by atoms with Crippen molar-refractivity contribution >= 4 is 23.5 Å². The van der Waals surface area contributed by atoms with Crippen molar-refractivity contribution in [1.82, 2.24) is 5.32 Å². The van der Waals surface area contributed by atoms with Gasteiger partial charge in [-0.05, 0) is 47.5 Å². The summed E-state index contributed by atoms with van der Waals surface area (Å²) in [4.78, 5) is 35.9. The lowest BCUT2D eigenvalue weighted by Crippen LogP contribution is -2.32. The molecule has 0 fully saturated rings. The number of anilines is 1. The van der Waals surface area contributed by atoms with Crippen LogP contribution in [-0.4, -0.2) is 37.5 Å². The molecule has 0 heterocycles. The summed E-state index contributed by atoms with van der Waals surface area (Å²) in [7, 11) is 0. The first-order valence-electron chi connectivity index (χ1n) is 9.85.